The molecule has 0 spiro atoms. The van der Waals surface area contributed by atoms with E-state index in [-0.39, 0.29) is 29.6 Å². The van der Waals surface area contributed by atoms with Gasteiger partial charge in [0.25, 0.3) is 0 Å². The third-order valence-corrected chi connectivity index (χ3v) is 4.77. The van der Waals surface area contributed by atoms with Gasteiger partial charge in [0.1, 0.15) is 11.3 Å². The molecule has 0 saturated heterocycles. The molecule has 2 aromatic rings. The molecule has 0 unspecified atom stereocenters. The van der Waals surface area contributed by atoms with Crippen molar-refractivity contribution in [1.82, 2.24) is 0 Å². The number of aliphatic hydroxyl groups is 2. The fraction of sp³-hybridized carbons (Fsp3) is 0.471. The van der Waals surface area contributed by atoms with Crippen molar-refractivity contribution in [1.29, 1.82) is 0 Å². The van der Waals surface area contributed by atoms with Gasteiger partial charge in [0.15, 0.2) is 11.7 Å². The zero-order valence-electron chi connectivity index (χ0n) is 13.1. The summed E-state index contributed by atoms with van der Waals surface area (Å²) >= 11 is 0. The number of aromatic hydroxyl groups is 1. The predicted octanol–water partition coefficient (Wildman–Crippen LogP) is 3.10. The lowest BCUT2D eigenvalue weighted by atomic mass is 9.77. The number of benzene rings is 1. The van der Waals surface area contributed by atoms with E-state index in [1.54, 1.807) is 0 Å². The van der Waals surface area contributed by atoms with Gasteiger partial charge in [-0.05, 0) is 43.7 Å². The highest BCUT2D eigenvalue weighted by molar-refractivity contribution is 5.79. The molecule has 3 rings (SSSR count). The lowest BCUT2D eigenvalue weighted by molar-refractivity contribution is -0.154. The lowest BCUT2D eigenvalue weighted by Gasteiger charge is -2.30. The van der Waals surface area contributed by atoms with Crippen molar-refractivity contribution < 1.29 is 32.9 Å². The Balaban J connectivity index is 2.12. The minimum Gasteiger partial charge on any atom is -0.508 e. The molecule has 1 aliphatic rings. The van der Waals surface area contributed by atoms with Crippen molar-refractivity contribution in [2.24, 2.45) is 5.92 Å². The van der Waals surface area contributed by atoms with E-state index in [2.05, 4.69) is 0 Å². The van der Waals surface area contributed by atoms with Gasteiger partial charge in [0, 0.05) is 12.0 Å². The number of aliphatic hydroxyl groups excluding tert-OH is 1. The number of hydrogen-bond acceptors (Lipinski definition) is 5. The number of rotatable bonds is 2. The Bertz CT molecular complexity index is 833. The molecule has 1 aromatic carbocycles. The fourth-order valence-electron chi connectivity index (χ4n) is 3.48. The first-order valence-electron chi connectivity index (χ1n) is 7.91. The van der Waals surface area contributed by atoms with Crippen LogP contribution in [0.15, 0.2) is 27.4 Å². The number of phenolic OH excluding ortho intramolecular Hbond substituents is 1. The summed E-state index contributed by atoms with van der Waals surface area (Å²) in [5.74, 6) is -2.71. The zero-order valence-corrected chi connectivity index (χ0v) is 13.1. The number of alkyl halides is 3. The SMILES string of the molecule is O=c1c(C2CCC(C(O)O)CC2)c(C(F)(F)F)oc2cc(O)ccc12. The summed E-state index contributed by atoms with van der Waals surface area (Å²) in [5, 5.41) is 27.8. The molecule has 0 aliphatic heterocycles. The monoisotopic (exact) mass is 358 g/mol. The van der Waals surface area contributed by atoms with Crippen LogP contribution >= 0.6 is 0 Å². The Hall–Kier alpha value is -2.06. The van der Waals surface area contributed by atoms with E-state index < -0.39 is 41.1 Å². The third kappa shape index (κ3) is 3.36. The Kier molecular flexibility index (Phi) is 4.51. The van der Waals surface area contributed by atoms with Crippen LogP contribution in [0.25, 0.3) is 11.0 Å². The molecule has 1 aromatic heterocycles. The minimum atomic E-state index is -4.85. The summed E-state index contributed by atoms with van der Waals surface area (Å²) in [5.41, 5.74) is -1.50. The summed E-state index contributed by atoms with van der Waals surface area (Å²) in [4.78, 5) is 12.7. The van der Waals surface area contributed by atoms with E-state index in [9.17, 15) is 33.3 Å². The van der Waals surface area contributed by atoms with Gasteiger partial charge in [-0.1, -0.05) is 0 Å². The molecule has 0 atom stereocenters. The molecule has 1 saturated carbocycles. The smallest absolute Gasteiger partial charge is 0.449 e. The predicted molar refractivity (Wildman–Crippen MR) is 82.1 cm³/mol. The maximum absolute atomic E-state index is 13.4. The normalized spacial score (nSPS) is 21.8. The molecular formula is C17H17F3O5. The average Bonchev–Trinajstić information content (AvgIpc) is 2.53. The highest BCUT2D eigenvalue weighted by atomic mass is 19.4. The summed E-state index contributed by atoms with van der Waals surface area (Å²) in [6.07, 6.45) is -5.26. The molecule has 1 fully saturated rings. The van der Waals surface area contributed by atoms with Crippen LogP contribution in [-0.4, -0.2) is 21.6 Å². The Morgan fingerprint density at radius 1 is 1.12 bits per heavy atom. The van der Waals surface area contributed by atoms with Crippen LogP contribution in [0.1, 0.15) is 42.9 Å². The second kappa shape index (κ2) is 6.34. The summed E-state index contributed by atoms with van der Waals surface area (Å²) in [6, 6.07) is 3.44. The first kappa shape index (κ1) is 17.8. The maximum Gasteiger partial charge on any atom is 0.449 e. The van der Waals surface area contributed by atoms with Crippen LogP contribution in [0.4, 0.5) is 13.2 Å². The fourth-order valence-corrected chi connectivity index (χ4v) is 3.48. The zero-order chi connectivity index (χ0) is 18.4. The Labute approximate surface area is 140 Å². The van der Waals surface area contributed by atoms with Gasteiger partial charge < -0.3 is 19.7 Å². The number of hydrogen-bond donors (Lipinski definition) is 3. The molecule has 8 heteroatoms. The van der Waals surface area contributed by atoms with Crippen LogP contribution < -0.4 is 5.43 Å². The first-order chi connectivity index (χ1) is 11.7. The molecule has 0 amide bonds. The second-order valence-corrected chi connectivity index (χ2v) is 6.38. The highest BCUT2D eigenvalue weighted by Gasteiger charge is 2.42. The summed E-state index contributed by atoms with van der Waals surface area (Å²) in [7, 11) is 0. The first-order valence-corrected chi connectivity index (χ1v) is 7.91. The molecule has 3 N–H and O–H groups in total. The van der Waals surface area contributed by atoms with E-state index in [1.165, 1.54) is 12.1 Å². The van der Waals surface area contributed by atoms with Gasteiger partial charge in [-0.3, -0.25) is 4.79 Å². The molecule has 1 heterocycles. The lowest BCUT2D eigenvalue weighted by Crippen LogP contribution is -2.28. The van der Waals surface area contributed by atoms with Gasteiger partial charge in [-0.25, -0.2) is 0 Å². The largest absolute Gasteiger partial charge is 0.508 e. The molecule has 0 radical (unpaired) electrons. The Morgan fingerprint density at radius 3 is 2.32 bits per heavy atom. The molecular weight excluding hydrogens is 341 g/mol. The second-order valence-electron chi connectivity index (χ2n) is 6.38. The van der Waals surface area contributed by atoms with E-state index >= 15 is 0 Å². The van der Waals surface area contributed by atoms with Crippen LogP contribution in [0, 0.1) is 5.92 Å². The van der Waals surface area contributed by atoms with Crippen LogP contribution in [0.5, 0.6) is 5.75 Å². The van der Waals surface area contributed by atoms with Crippen molar-refractivity contribution in [2.45, 2.75) is 44.1 Å². The molecule has 25 heavy (non-hydrogen) atoms. The average molecular weight is 358 g/mol. The number of phenols is 1. The quantitative estimate of drug-likeness (QED) is 0.718. The Morgan fingerprint density at radius 2 is 1.76 bits per heavy atom. The molecule has 1 aliphatic carbocycles. The molecule has 0 bridgehead atoms. The van der Waals surface area contributed by atoms with Crippen LogP contribution in [-0.2, 0) is 6.18 Å². The van der Waals surface area contributed by atoms with Gasteiger partial charge in [0.05, 0.1) is 10.9 Å². The summed E-state index contributed by atoms with van der Waals surface area (Å²) < 4.78 is 45.3. The van der Waals surface area contributed by atoms with Gasteiger partial charge in [0.2, 0.25) is 5.76 Å². The third-order valence-electron chi connectivity index (χ3n) is 4.77. The van der Waals surface area contributed by atoms with Crippen molar-refractivity contribution >= 4 is 11.0 Å². The van der Waals surface area contributed by atoms with Crippen molar-refractivity contribution in [3.8, 4) is 5.75 Å². The van der Waals surface area contributed by atoms with E-state index in [1.807, 2.05) is 0 Å². The van der Waals surface area contributed by atoms with E-state index in [0.29, 0.717) is 12.8 Å². The molecule has 136 valence electrons. The van der Waals surface area contributed by atoms with Crippen molar-refractivity contribution in [3.63, 3.8) is 0 Å². The summed E-state index contributed by atoms with van der Waals surface area (Å²) in [6.45, 7) is 0. The topological polar surface area (TPSA) is 90.9 Å². The highest BCUT2D eigenvalue weighted by Crippen LogP contribution is 2.42. The van der Waals surface area contributed by atoms with Gasteiger partial charge in [-0.15, -0.1) is 0 Å². The maximum atomic E-state index is 13.4. The van der Waals surface area contributed by atoms with Crippen molar-refractivity contribution in [2.75, 3.05) is 0 Å². The molecule has 5 nitrogen and oxygen atoms in total. The van der Waals surface area contributed by atoms with E-state index in [0.717, 1.165) is 6.07 Å². The van der Waals surface area contributed by atoms with Gasteiger partial charge >= 0.3 is 6.18 Å². The van der Waals surface area contributed by atoms with Crippen molar-refractivity contribution in [3.05, 3.63) is 39.7 Å². The van der Waals surface area contributed by atoms with Crippen LogP contribution in [0.2, 0.25) is 0 Å². The number of fused-ring (bicyclic) bond motifs is 1. The minimum absolute atomic E-state index is 0.0230. The van der Waals surface area contributed by atoms with Gasteiger partial charge in [-0.2, -0.15) is 13.2 Å². The van der Waals surface area contributed by atoms with E-state index in [4.69, 9.17) is 4.42 Å². The van der Waals surface area contributed by atoms with Crippen LogP contribution in [0.3, 0.4) is 0 Å². The number of halogens is 3. The standard InChI is InChI=1S/C17H17F3O5/c18-17(19,20)15-13(8-1-3-9(4-2-8)16(23)24)14(22)11-6-5-10(21)7-12(11)25-15/h5-9,16,21,23-24H,1-4H2.